The number of anilines is 1. The molecule has 1 atom stereocenters. The summed E-state index contributed by atoms with van der Waals surface area (Å²) in [7, 11) is 0. The van der Waals surface area contributed by atoms with Crippen LogP contribution in [-0.4, -0.2) is 30.4 Å². The first-order valence-electron chi connectivity index (χ1n) is 6.36. The van der Waals surface area contributed by atoms with E-state index in [2.05, 4.69) is 12.2 Å². The van der Waals surface area contributed by atoms with E-state index in [1.807, 2.05) is 35.2 Å². The Bertz CT molecular complexity index is 364. The number of hydrogen-bond donors (Lipinski definition) is 1. The van der Waals surface area contributed by atoms with E-state index in [4.69, 9.17) is 0 Å². The van der Waals surface area contributed by atoms with Crippen LogP contribution >= 0.6 is 0 Å². The predicted molar refractivity (Wildman–Crippen MR) is 69.9 cm³/mol. The molecule has 1 N–H and O–H groups in total. The minimum Gasteiger partial charge on any atom is -0.376 e. The second kappa shape index (κ2) is 5.71. The molecule has 1 fully saturated rings. The molecule has 0 aliphatic carbocycles. The van der Waals surface area contributed by atoms with Crippen molar-refractivity contribution >= 4 is 11.6 Å². The van der Waals surface area contributed by atoms with Crippen molar-refractivity contribution in [1.82, 2.24) is 4.90 Å². The van der Waals surface area contributed by atoms with Crippen molar-refractivity contribution < 1.29 is 4.79 Å². The maximum absolute atomic E-state index is 11.9. The summed E-state index contributed by atoms with van der Waals surface area (Å²) in [5.74, 6) is 0.917. The van der Waals surface area contributed by atoms with Crippen molar-refractivity contribution in [2.24, 2.45) is 5.92 Å². The number of likely N-dealkylation sites (tertiary alicyclic amines) is 1. The van der Waals surface area contributed by atoms with E-state index in [1.54, 1.807) is 0 Å². The molecule has 1 aliphatic heterocycles. The molecule has 0 saturated carbocycles. The zero-order chi connectivity index (χ0) is 12.1. The number of carbonyl (C=O) groups is 1. The molecule has 3 nitrogen and oxygen atoms in total. The lowest BCUT2D eigenvalue weighted by atomic mass is 10.1. The number of nitrogens with zero attached hydrogens (tertiary/aromatic N) is 1. The number of carbonyl (C=O) groups excluding carboxylic acids is 1. The third-order valence-corrected chi connectivity index (χ3v) is 3.43. The Morgan fingerprint density at radius 2 is 2.18 bits per heavy atom. The fraction of sp³-hybridized carbons (Fsp3) is 0.500. The van der Waals surface area contributed by atoms with Gasteiger partial charge in [-0.1, -0.05) is 31.5 Å². The molecule has 1 saturated heterocycles. The van der Waals surface area contributed by atoms with Crippen LogP contribution in [0.2, 0.25) is 0 Å². The lowest BCUT2D eigenvalue weighted by Gasteiger charge is -2.17. The van der Waals surface area contributed by atoms with E-state index in [-0.39, 0.29) is 5.91 Å². The first-order valence-corrected chi connectivity index (χ1v) is 6.36. The molecule has 3 heteroatoms. The highest BCUT2D eigenvalue weighted by molar-refractivity contribution is 5.81. The number of hydrogen-bond acceptors (Lipinski definition) is 2. The van der Waals surface area contributed by atoms with Gasteiger partial charge in [-0.3, -0.25) is 4.79 Å². The Labute approximate surface area is 103 Å². The summed E-state index contributed by atoms with van der Waals surface area (Å²) >= 11 is 0. The van der Waals surface area contributed by atoms with Gasteiger partial charge in [0.05, 0.1) is 6.54 Å². The molecule has 1 aromatic rings. The summed E-state index contributed by atoms with van der Waals surface area (Å²) < 4.78 is 0. The summed E-state index contributed by atoms with van der Waals surface area (Å²) in [4.78, 5) is 13.9. The second-order valence-corrected chi connectivity index (χ2v) is 4.62. The van der Waals surface area contributed by atoms with Crippen molar-refractivity contribution in [2.75, 3.05) is 25.0 Å². The van der Waals surface area contributed by atoms with Gasteiger partial charge in [0.1, 0.15) is 0 Å². The molecule has 17 heavy (non-hydrogen) atoms. The largest absolute Gasteiger partial charge is 0.376 e. The van der Waals surface area contributed by atoms with Crippen LogP contribution in [0.4, 0.5) is 5.69 Å². The first-order chi connectivity index (χ1) is 8.29. The van der Waals surface area contributed by atoms with Gasteiger partial charge in [-0.2, -0.15) is 0 Å². The molecule has 1 aliphatic rings. The third-order valence-electron chi connectivity index (χ3n) is 3.43. The number of amides is 1. The van der Waals surface area contributed by atoms with Crippen molar-refractivity contribution in [3.8, 4) is 0 Å². The molecule has 1 heterocycles. The summed E-state index contributed by atoms with van der Waals surface area (Å²) in [6, 6.07) is 9.86. The monoisotopic (exact) mass is 232 g/mol. The lowest BCUT2D eigenvalue weighted by Crippen LogP contribution is -2.33. The summed E-state index contributed by atoms with van der Waals surface area (Å²) in [5.41, 5.74) is 1.01. The van der Waals surface area contributed by atoms with Crippen molar-refractivity contribution in [1.29, 1.82) is 0 Å². The van der Waals surface area contributed by atoms with Crippen LogP contribution in [0.15, 0.2) is 30.3 Å². The van der Waals surface area contributed by atoms with Crippen LogP contribution in [-0.2, 0) is 4.79 Å². The molecule has 0 aromatic heterocycles. The van der Waals surface area contributed by atoms with Crippen LogP contribution < -0.4 is 5.32 Å². The number of benzene rings is 1. The Balaban J connectivity index is 1.78. The fourth-order valence-electron chi connectivity index (χ4n) is 2.24. The van der Waals surface area contributed by atoms with Gasteiger partial charge in [-0.15, -0.1) is 0 Å². The minimum absolute atomic E-state index is 0.213. The molecule has 92 valence electrons. The number of nitrogens with one attached hydrogen (secondary N) is 1. The quantitative estimate of drug-likeness (QED) is 0.864. The van der Waals surface area contributed by atoms with Gasteiger partial charge in [0, 0.05) is 18.8 Å². The van der Waals surface area contributed by atoms with Gasteiger partial charge in [0.2, 0.25) is 5.91 Å². The maximum Gasteiger partial charge on any atom is 0.241 e. The molecule has 0 radical (unpaired) electrons. The van der Waals surface area contributed by atoms with Gasteiger partial charge >= 0.3 is 0 Å². The Kier molecular flexibility index (Phi) is 4.02. The van der Waals surface area contributed by atoms with Crippen LogP contribution in [0.1, 0.15) is 19.8 Å². The highest BCUT2D eigenvalue weighted by atomic mass is 16.2. The highest BCUT2D eigenvalue weighted by Gasteiger charge is 2.24. The van der Waals surface area contributed by atoms with E-state index >= 15 is 0 Å². The second-order valence-electron chi connectivity index (χ2n) is 4.62. The smallest absolute Gasteiger partial charge is 0.241 e. The summed E-state index contributed by atoms with van der Waals surface area (Å²) in [6.07, 6.45) is 2.34. The van der Waals surface area contributed by atoms with E-state index < -0.39 is 0 Å². The predicted octanol–water partition coefficient (Wildman–Crippen LogP) is 2.36. The normalized spacial score (nSPS) is 19.4. The van der Waals surface area contributed by atoms with E-state index in [9.17, 15) is 4.79 Å². The molecule has 1 amide bonds. The zero-order valence-corrected chi connectivity index (χ0v) is 10.4. The lowest BCUT2D eigenvalue weighted by molar-refractivity contribution is -0.128. The van der Waals surface area contributed by atoms with Crippen molar-refractivity contribution in [3.05, 3.63) is 30.3 Å². The zero-order valence-electron chi connectivity index (χ0n) is 10.4. The van der Waals surface area contributed by atoms with Gasteiger partial charge in [-0.05, 0) is 24.5 Å². The molecular formula is C14H20N2O. The van der Waals surface area contributed by atoms with E-state index in [0.29, 0.717) is 12.5 Å². The van der Waals surface area contributed by atoms with E-state index in [0.717, 1.165) is 25.2 Å². The first kappa shape index (κ1) is 12.0. The maximum atomic E-state index is 11.9. The van der Waals surface area contributed by atoms with Crippen LogP contribution in [0, 0.1) is 5.92 Å². The molecule has 1 aromatic carbocycles. The van der Waals surface area contributed by atoms with Crippen LogP contribution in [0.5, 0.6) is 0 Å². The molecule has 1 unspecified atom stereocenters. The SMILES string of the molecule is CCC1CCN(C(=O)CNc2ccccc2)C1. The third kappa shape index (κ3) is 3.22. The molecular weight excluding hydrogens is 212 g/mol. The van der Waals surface area contributed by atoms with Gasteiger partial charge in [0.15, 0.2) is 0 Å². The number of para-hydroxylation sites is 1. The highest BCUT2D eigenvalue weighted by Crippen LogP contribution is 2.19. The van der Waals surface area contributed by atoms with Crippen molar-refractivity contribution in [2.45, 2.75) is 19.8 Å². The average Bonchev–Trinajstić information content (AvgIpc) is 2.86. The van der Waals surface area contributed by atoms with Gasteiger partial charge in [-0.25, -0.2) is 0 Å². The topological polar surface area (TPSA) is 32.3 Å². The summed E-state index contributed by atoms with van der Waals surface area (Å²) in [6.45, 7) is 4.46. The Morgan fingerprint density at radius 3 is 2.82 bits per heavy atom. The minimum atomic E-state index is 0.213. The number of rotatable bonds is 4. The van der Waals surface area contributed by atoms with Crippen LogP contribution in [0.25, 0.3) is 0 Å². The Hall–Kier alpha value is -1.51. The van der Waals surface area contributed by atoms with Crippen LogP contribution in [0.3, 0.4) is 0 Å². The van der Waals surface area contributed by atoms with Crippen molar-refractivity contribution in [3.63, 3.8) is 0 Å². The molecule has 2 rings (SSSR count). The molecule has 0 spiro atoms. The summed E-state index contributed by atoms with van der Waals surface area (Å²) in [5, 5.41) is 3.16. The molecule has 0 bridgehead atoms. The van der Waals surface area contributed by atoms with E-state index in [1.165, 1.54) is 6.42 Å². The average molecular weight is 232 g/mol. The Morgan fingerprint density at radius 1 is 1.41 bits per heavy atom. The van der Waals surface area contributed by atoms with Gasteiger partial charge in [0.25, 0.3) is 0 Å². The van der Waals surface area contributed by atoms with Gasteiger partial charge < -0.3 is 10.2 Å². The standard InChI is InChI=1S/C14H20N2O/c1-2-12-8-9-16(11-12)14(17)10-15-13-6-4-3-5-7-13/h3-7,12,15H,2,8-11H2,1H3. The fourth-order valence-corrected chi connectivity index (χ4v) is 2.24.